The first kappa shape index (κ1) is 9.06. The molecule has 1 atom stereocenters. The standard InChI is InChI=1S/C8H13NO3/c1-4-6-5-7(8(10)11-3)12-9(6)2/h5-6H,4H2,1-3H3. The smallest absolute Gasteiger partial charge is 0.375 e. The number of nitrogens with zero attached hydrogens (tertiary/aromatic N) is 1. The second-order valence-electron chi connectivity index (χ2n) is 2.64. The quantitative estimate of drug-likeness (QED) is 0.573. The number of esters is 1. The van der Waals surface area contributed by atoms with Crippen molar-refractivity contribution in [3.8, 4) is 0 Å². The molecule has 0 aromatic heterocycles. The van der Waals surface area contributed by atoms with E-state index in [-0.39, 0.29) is 11.8 Å². The van der Waals surface area contributed by atoms with Crippen molar-refractivity contribution in [3.05, 3.63) is 11.8 Å². The van der Waals surface area contributed by atoms with Gasteiger partial charge < -0.3 is 9.57 Å². The predicted molar refractivity (Wildman–Crippen MR) is 43.0 cm³/mol. The third kappa shape index (κ3) is 1.58. The van der Waals surface area contributed by atoms with E-state index in [0.29, 0.717) is 0 Å². The lowest BCUT2D eigenvalue weighted by Crippen LogP contribution is -2.23. The molecule has 0 spiro atoms. The number of ether oxygens (including phenoxy) is 1. The molecule has 0 aromatic carbocycles. The normalized spacial score (nSPS) is 23.2. The number of rotatable bonds is 2. The minimum atomic E-state index is -0.419. The number of hydrogen-bond acceptors (Lipinski definition) is 4. The summed E-state index contributed by atoms with van der Waals surface area (Å²) in [6, 6.07) is 0.180. The van der Waals surface area contributed by atoms with E-state index >= 15 is 0 Å². The molecular formula is C8H13NO3. The van der Waals surface area contributed by atoms with E-state index in [4.69, 9.17) is 4.84 Å². The van der Waals surface area contributed by atoms with Crippen LogP contribution in [0.1, 0.15) is 13.3 Å². The van der Waals surface area contributed by atoms with Crippen LogP contribution in [-0.4, -0.2) is 31.2 Å². The van der Waals surface area contributed by atoms with Crippen LogP contribution in [0.25, 0.3) is 0 Å². The fourth-order valence-corrected chi connectivity index (χ4v) is 1.11. The van der Waals surface area contributed by atoms with E-state index in [1.807, 2.05) is 6.92 Å². The molecule has 0 bridgehead atoms. The largest absolute Gasteiger partial charge is 0.463 e. The number of carbonyl (C=O) groups excluding carboxylic acids is 1. The summed E-state index contributed by atoms with van der Waals surface area (Å²) in [6.07, 6.45) is 2.68. The Bertz CT molecular complexity index is 212. The van der Waals surface area contributed by atoms with Crippen molar-refractivity contribution in [2.24, 2.45) is 0 Å². The van der Waals surface area contributed by atoms with Crippen molar-refractivity contribution in [3.63, 3.8) is 0 Å². The van der Waals surface area contributed by atoms with Crippen molar-refractivity contribution in [1.29, 1.82) is 0 Å². The summed E-state index contributed by atoms with van der Waals surface area (Å²) in [6.45, 7) is 2.03. The molecule has 1 aliphatic rings. The molecule has 0 aliphatic carbocycles. The topological polar surface area (TPSA) is 38.8 Å². The van der Waals surface area contributed by atoms with Crippen LogP contribution in [0, 0.1) is 0 Å². The average molecular weight is 171 g/mol. The van der Waals surface area contributed by atoms with Crippen LogP contribution in [0.4, 0.5) is 0 Å². The highest BCUT2D eigenvalue weighted by molar-refractivity contribution is 5.86. The number of hydrogen-bond donors (Lipinski definition) is 0. The van der Waals surface area contributed by atoms with Crippen molar-refractivity contribution in [1.82, 2.24) is 5.06 Å². The first-order chi connectivity index (χ1) is 5.69. The summed E-state index contributed by atoms with van der Waals surface area (Å²) in [7, 11) is 3.13. The van der Waals surface area contributed by atoms with E-state index in [2.05, 4.69) is 4.74 Å². The highest BCUT2D eigenvalue weighted by atomic mass is 16.7. The molecule has 1 rings (SSSR count). The molecule has 0 aromatic rings. The molecular weight excluding hydrogens is 158 g/mol. The van der Waals surface area contributed by atoms with Crippen LogP contribution in [0.15, 0.2) is 11.8 Å². The highest BCUT2D eigenvalue weighted by Gasteiger charge is 2.26. The Morgan fingerprint density at radius 3 is 2.92 bits per heavy atom. The fraction of sp³-hybridized carbons (Fsp3) is 0.625. The summed E-state index contributed by atoms with van der Waals surface area (Å²) in [5, 5.41) is 1.65. The number of hydroxylamine groups is 2. The van der Waals surface area contributed by atoms with Crippen LogP contribution < -0.4 is 0 Å². The van der Waals surface area contributed by atoms with Crippen molar-refractivity contribution >= 4 is 5.97 Å². The summed E-state index contributed by atoms with van der Waals surface area (Å²) < 4.78 is 4.52. The SMILES string of the molecule is CCC1C=C(C(=O)OC)ON1C. The van der Waals surface area contributed by atoms with Gasteiger partial charge in [-0.2, -0.15) is 0 Å². The second-order valence-corrected chi connectivity index (χ2v) is 2.64. The highest BCUT2D eigenvalue weighted by Crippen LogP contribution is 2.18. The number of carbonyl (C=O) groups is 1. The summed E-state index contributed by atoms with van der Waals surface area (Å²) in [5.41, 5.74) is 0. The Morgan fingerprint density at radius 2 is 2.50 bits per heavy atom. The third-order valence-electron chi connectivity index (χ3n) is 1.86. The Balaban J connectivity index is 2.64. The Hall–Kier alpha value is -1.03. The van der Waals surface area contributed by atoms with Crippen LogP contribution >= 0.6 is 0 Å². The van der Waals surface area contributed by atoms with Crippen LogP contribution in [-0.2, 0) is 14.4 Å². The third-order valence-corrected chi connectivity index (χ3v) is 1.86. The lowest BCUT2D eigenvalue weighted by Gasteiger charge is -2.15. The van der Waals surface area contributed by atoms with Crippen LogP contribution in [0.2, 0.25) is 0 Å². The molecule has 68 valence electrons. The molecule has 0 saturated carbocycles. The minimum Gasteiger partial charge on any atom is -0.463 e. The van der Waals surface area contributed by atoms with Crippen LogP contribution in [0.3, 0.4) is 0 Å². The van der Waals surface area contributed by atoms with Gasteiger partial charge in [0.25, 0.3) is 0 Å². The fourth-order valence-electron chi connectivity index (χ4n) is 1.11. The molecule has 4 heteroatoms. The molecule has 0 amide bonds. The maximum Gasteiger partial charge on any atom is 0.375 e. The molecule has 12 heavy (non-hydrogen) atoms. The summed E-state index contributed by atoms with van der Waals surface area (Å²) in [5.74, 6) is -0.135. The lowest BCUT2D eigenvalue weighted by molar-refractivity contribution is -0.152. The molecule has 0 radical (unpaired) electrons. The van der Waals surface area contributed by atoms with Crippen LogP contribution in [0.5, 0.6) is 0 Å². The van der Waals surface area contributed by atoms with E-state index in [1.165, 1.54) is 7.11 Å². The molecule has 0 N–H and O–H groups in total. The van der Waals surface area contributed by atoms with Crippen molar-refractivity contribution in [2.75, 3.05) is 14.2 Å². The van der Waals surface area contributed by atoms with Gasteiger partial charge >= 0.3 is 5.97 Å². The zero-order valence-corrected chi connectivity index (χ0v) is 7.53. The molecule has 0 saturated heterocycles. The van der Waals surface area contributed by atoms with Crippen molar-refractivity contribution in [2.45, 2.75) is 19.4 Å². The Labute approximate surface area is 71.7 Å². The van der Waals surface area contributed by atoms with E-state index in [9.17, 15) is 4.79 Å². The minimum absolute atomic E-state index is 0.180. The van der Waals surface area contributed by atoms with Gasteiger partial charge in [-0.3, -0.25) is 0 Å². The van der Waals surface area contributed by atoms with Gasteiger partial charge in [-0.15, -0.1) is 5.06 Å². The second kappa shape index (κ2) is 3.58. The van der Waals surface area contributed by atoms with Gasteiger partial charge in [0.2, 0.25) is 5.76 Å². The molecule has 1 aliphatic heterocycles. The van der Waals surface area contributed by atoms with Gasteiger partial charge in [-0.25, -0.2) is 4.79 Å². The van der Waals surface area contributed by atoms with E-state index < -0.39 is 5.97 Å². The zero-order valence-electron chi connectivity index (χ0n) is 7.53. The first-order valence-corrected chi connectivity index (χ1v) is 3.90. The van der Waals surface area contributed by atoms with Gasteiger partial charge in [0.05, 0.1) is 13.2 Å². The maximum absolute atomic E-state index is 11.0. The predicted octanol–water partition coefficient (Wildman–Crippen LogP) is 0.699. The van der Waals surface area contributed by atoms with Gasteiger partial charge in [-0.1, -0.05) is 6.92 Å². The van der Waals surface area contributed by atoms with Gasteiger partial charge in [0.15, 0.2) is 0 Å². The number of likely N-dealkylation sites (N-methyl/N-ethyl adjacent to an activating group) is 1. The summed E-state index contributed by atoms with van der Waals surface area (Å²) in [4.78, 5) is 16.1. The Morgan fingerprint density at radius 1 is 1.83 bits per heavy atom. The molecule has 0 fully saturated rings. The monoisotopic (exact) mass is 171 g/mol. The van der Waals surface area contributed by atoms with Gasteiger partial charge in [-0.05, 0) is 12.5 Å². The van der Waals surface area contributed by atoms with E-state index in [1.54, 1.807) is 18.2 Å². The lowest BCUT2D eigenvalue weighted by atomic mass is 10.2. The zero-order chi connectivity index (χ0) is 9.14. The summed E-state index contributed by atoms with van der Waals surface area (Å²) >= 11 is 0. The molecule has 4 nitrogen and oxygen atoms in total. The molecule has 1 unspecified atom stereocenters. The van der Waals surface area contributed by atoms with Crippen molar-refractivity contribution < 1.29 is 14.4 Å². The first-order valence-electron chi connectivity index (χ1n) is 3.90. The maximum atomic E-state index is 11.0. The van der Waals surface area contributed by atoms with E-state index in [0.717, 1.165) is 6.42 Å². The van der Waals surface area contributed by atoms with Gasteiger partial charge in [0, 0.05) is 7.05 Å². The number of methoxy groups -OCH3 is 1. The Kier molecular flexibility index (Phi) is 2.70. The average Bonchev–Trinajstić information content (AvgIpc) is 2.45. The molecule has 1 heterocycles. The van der Waals surface area contributed by atoms with Gasteiger partial charge in [0.1, 0.15) is 0 Å².